The van der Waals surface area contributed by atoms with E-state index >= 15 is 0 Å². The molecule has 0 unspecified atom stereocenters. The summed E-state index contributed by atoms with van der Waals surface area (Å²) in [4.78, 5) is 42.3. The number of hydrogen-bond acceptors (Lipinski definition) is 7. The molecule has 27 heavy (non-hydrogen) atoms. The van der Waals surface area contributed by atoms with E-state index < -0.39 is 11.9 Å². The van der Waals surface area contributed by atoms with E-state index in [9.17, 15) is 14.4 Å². The number of thiophene rings is 1. The van der Waals surface area contributed by atoms with Gasteiger partial charge in [0, 0.05) is 11.0 Å². The first-order valence-corrected chi connectivity index (χ1v) is 9.41. The molecule has 2 heterocycles. The quantitative estimate of drug-likeness (QED) is 0.609. The van der Waals surface area contributed by atoms with Gasteiger partial charge < -0.3 is 9.84 Å². The van der Waals surface area contributed by atoms with Crippen molar-refractivity contribution in [3.05, 3.63) is 63.2 Å². The number of thioether (sulfide) groups is 1. The summed E-state index contributed by atoms with van der Waals surface area (Å²) in [5.41, 5.74) is 0.654. The van der Waals surface area contributed by atoms with Gasteiger partial charge in [0.05, 0.1) is 29.8 Å². The van der Waals surface area contributed by atoms with Crippen LogP contribution >= 0.6 is 23.1 Å². The first-order valence-electron chi connectivity index (χ1n) is 7.71. The van der Waals surface area contributed by atoms with Gasteiger partial charge in [-0.3, -0.25) is 9.69 Å². The Kier molecular flexibility index (Phi) is 5.72. The molecule has 0 radical (unpaired) electrons. The van der Waals surface area contributed by atoms with Crippen molar-refractivity contribution in [3.63, 3.8) is 0 Å². The molecule has 2 aromatic rings. The number of carboxylic acids is 1. The Morgan fingerprint density at radius 1 is 1.26 bits per heavy atom. The number of nitrogens with zero attached hydrogens (tertiary/aromatic N) is 2. The number of amides is 1. The fourth-order valence-corrected chi connectivity index (χ4v) is 3.89. The Bertz CT molecular complexity index is 933. The smallest absolute Gasteiger partial charge is 0.335 e. The highest BCUT2D eigenvalue weighted by molar-refractivity contribution is 8.18. The van der Waals surface area contributed by atoms with Crippen LogP contribution in [-0.2, 0) is 20.9 Å². The molecule has 1 aliphatic heterocycles. The molecule has 1 fully saturated rings. The SMILES string of the molecule is COC(=O)/C=C1/SC(=Nc2ccc(C(=O)O)cc2)N(Cc2cccs2)C1=O. The minimum atomic E-state index is -1.03. The van der Waals surface area contributed by atoms with E-state index in [1.54, 1.807) is 12.1 Å². The maximum absolute atomic E-state index is 12.7. The van der Waals surface area contributed by atoms with Crippen LogP contribution in [-0.4, -0.2) is 40.1 Å². The van der Waals surface area contributed by atoms with E-state index in [1.165, 1.54) is 35.5 Å². The van der Waals surface area contributed by atoms with Gasteiger partial charge >= 0.3 is 11.9 Å². The van der Waals surface area contributed by atoms with Gasteiger partial charge in [-0.25, -0.2) is 14.6 Å². The van der Waals surface area contributed by atoms with Gasteiger partial charge in [0.25, 0.3) is 5.91 Å². The molecule has 1 amide bonds. The van der Waals surface area contributed by atoms with E-state index in [-0.39, 0.29) is 16.4 Å². The van der Waals surface area contributed by atoms with Gasteiger partial charge in [0.2, 0.25) is 0 Å². The number of rotatable bonds is 5. The lowest BCUT2D eigenvalue weighted by molar-refractivity contribution is -0.135. The molecular formula is C18H14N2O5S2. The second-order valence-corrected chi connectivity index (χ2v) is 7.39. The van der Waals surface area contributed by atoms with Crippen LogP contribution in [0.5, 0.6) is 0 Å². The number of hydrogen-bond donors (Lipinski definition) is 1. The van der Waals surface area contributed by atoms with Crippen LogP contribution in [0.25, 0.3) is 0 Å². The maximum Gasteiger partial charge on any atom is 0.335 e. The number of ether oxygens (including phenoxy) is 1. The van der Waals surface area contributed by atoms with E-state index in [0.29, 0.717) is 17.4 Å². The number of aliphatic imine (C=N–C) groups is 1. The Hall–Kier alpha value is -2.91. The number of carboxylic acid groups (broad SMARTS) is 1. The molecule has 7 nitrogen and oxygen atoms in total. The summed E-state index contributed by atoms with van der Waals surface area (Å²) in [5, 5.41) is 11.3. The zero-order valence-electron chi connectivity index (χ0n) is 14.1. The molecule has 0 spiro atoms. The minimum Gasteiger partial charge on any atom is -0.478 e. The second-order valence-electron chi connectivity index (χ2n) is 5.35. The third kappa shape index (κ3) is 4.44. The highest BCUT2D eigenvalue weighted by atomic mass is 32.2. The van der Waals surface area contributed by atoms with Crippen LogP contribution < -0.4 is 0 Å². The number of amidine groups is 1. The highest BCUT2D eigenvalue weighted by Gasteiger charge is 2.34. The molecular weight excluding hydrogens is 388 g/mol. The lowest BCUT2D eigenvalue weighted by Gasteiger charge is -2.14. The molecule has 0 saturated carbocycles. The largest absolute Gasteiger partial charge is 0.478 e. The van der Waals surface area contributed by atoms with Crippen molar-refractivity contribution in [2.75, 3.05) is 7.11 Å². The molecule has 9 heteroatoms. The second kappa shape index (κ2) is 8.19. The minimum absolute atomic E-state index is 0.149. The van der Waals surface area contributed by atoms with Crippen molar-refractivity contribution in [2.24, 2.45) is 4.99 Å². The molecule has 1 aromatic heterocycles. The molecule has 1 aromatic carbocycles. The Morgan fingerprint density at radius 3 is 2.59 bits per heavy atom. The van der Waals surface area contributed by atoms with E-state index in [0.717, 1.165) is 22.7 Å². The third-order valence-electron chi connectivity index (χ3n) is 3.57. The summed E-state index contributed by atoms with van der Waals surface area (Å²) < 4.78 is 4.60. The average Bonchev–Trinajstić information content (AvgIpc) is 3.26. The monoisotopic (exact) mass is 402 g/mol. The van der Waals surface area contributed by atoms with Crippen molar-refractivity contribution >= 4 is 51.8 Å². The van der Waals surface area contributed by atoms with Crippen molar-refractivity contribution in [1.29, 1.82) is 0 Å². The number of carbonyl (C=O) groups excluding carboxylic acids is 2. The Balaban J connectivity index is 1.93. The Morgan fingerprint density at radius 2 is 2.00 bits per heavy atom. The zero-order chi connectivity index (χ0) is 19.4. The normalized spacial score (nSPS) is 16.9. The number of benzene rings is 1. The van der Waals surface area contributed by atoms with Crippen molar-refractivity contribution in [3.8, 4) is 0 Å². The predicted octanol–water partition coefficient (Wildman–Crippen LogP) is 3.27. The molecule has 0 bridgehead atoms. The number of aromatic carboxylic acids is 1. The van der Waals surface area contributed by atoms with Crippen LogP contribution in [0.4, 0.5) is 5.69 Å². The molecule has 1 N–H and O–H groups in total. The summed E-state index contributed by atoms with van der Waals surface area (Å²) in [5.74, 6) is -1.98. The zero-order valence-corrected chi connectivity index (χ0v) is 15.8. The highest BCUT2D eigenvalue weighted by Crippen LogP contribution is 2.34. The molecule has 1 saturated heterocycles. The third-order valence-corrected chi connectivity index (χ3v) is 5.44. The van der Waals surface area contributed by atoms with Gasteiger partial charge in [-0.05, 0) is 47.5 Å². The number of carbonyl (C=O) groups is 3. The summed E-state index contributed by atoms with van der Waals surface area (Å²) in [7, 11) is 1.24. The van der Waals surface area contributed by atoms with Gasteiger partial charge in [-0.1, -0.05) is 6.07 Å². The van der Waals surface area contributed by atoms with Crippen LogP contribution in [0.2, 0.25) is 0 Å². The van der Waals surface area contributed by atoms with Crippen molar-refractivity contribution in [2.45, 2.75) is 6.54 Å². The van der Waals surface area contributed by atoms with Crippen LogP contribution in [0.3, 0.4) is 0 Å². The van der Waals surface area contributed by atoms with Crippen molar-refractivity contribution < 1.29 is 24.2 Å². The van der Waals surface area contributed by atoms with Crippen LogP contribution in [0.15, 0.2) is 57.8 Å². The van der Waals surface area contributed by atoms with E-state index in [2.05, 4.69) is 9.73 Å². The van der Waals surface area contributed by atoms with Gasteiger partial charge in [0.1, 0.15) is 0 Å². The first-order chi connectivity index (χ1) is 13.0. The fourth-order valence-electron chi connectivity index (χ4n) is 2.24. The number of esters is 1. The number of methoxy groups -OCH3 is 1. The van der Waals surface area contributed by atoms with Gasteiger partial charge in [-0.15, -0.1) is 11.3 Å². The van der Waals surface area contributed by atoms with Gasteiger partial charge in [-0.2, -0.15) is 0 Å². The van der Waals surface area contributed by atoms with Gasteiger partial charge in [0.15, 0.2) is 5.17 Å². The predicted molar refractivity (Wildman–Crippen MR) is 103 cm³/mol. The molecule has 138 valence electrons. The van der Waals surface area contributed by atoms with Crippen LogP contribution in [0.1, 0.15) is 15.2 Å². The molecule has 0 atom stereocenters. The average molecular weight is 402 g/mol. The lowest BCUT2D eigenvalue weighted by atomic mass is 10.2. The molecule has 0 aliphatic carbocycles. The maximum atomic E-state index is 12.7. The fraction of sp³-hybridized carbons (Fsp3) is 0.111. The van der Waals surface area contributed by atoms with E-state index in [1.807, 2.05) is 17.5 Å². The lowest BCUT2D eigenvalue weighted by Crippen LogP contribution is -2.28. The summed E-state index contributed by atoms with van der Waals surface area (Å²) in [6.07, 6.45) is 1.14. The van der Waals surface area contributed by atoms with Crippen molar-refractivity contribution in [1.82, 2.24) is 4.90 Å². The molecule has 3 rings (SSSR count). The molecule has 1 aliphatic rings. The topological polar surface area (TPSA) is 96.3 Å². The summed E-state index contributed by atoms with van der Waals surface area (Å²) in [6.45, 7) is 0.327. The van der Waals surface area contributed by atoms with E-state index in [4.69, 9.17) is 5.11 Å². The summed E-state index contributed by atoms with van der Waals surface area (Å²) >= 11 is 2.58. The van der Waals surface area contributed by atoms with Crippen LogP contribution in [0, 0.1) is 0 Å². The standard InChI is InChI=1S/C18H14N2O5S2/c1-25-15(21)9-14-16(22)20(10-13-3-2-8-26-13)18(27-14)19-12-6-4-11(5-7-12)17(23)24/h2-9H,10H2,1H3,(H,23,24)/b14-9+,19-18?. The summed E-state index contributed by atoms with van der Waals surface area (Å²) in [6, 6.07) is 9.81. The first kappa shape index (κ1) is 18.9. The Labute approximate surface area is 163 Å².